The van der Waals surface area contributed by atoms with E-state index in [4.69, 9.17) is 18.3 Å². The maximum atomic E-state index is 6.98. The highest BCUT2D eigenvalue weighted by Crippen LogP contribution is 2.43. The van der Waals surface area contributed by atoms with E-state index in [-0.39, 0.29) is 34.7 Å². The van der Waals surface area contributed by atoms with E-state index >= 15 is 0 Å². The summed E-state index contributed by atoms with van der Waals surface area (Å²) in [6, 6.07) is 0. The smallest absolute Gasteiger partial charge is 0.192 e. The number of rotatable bonds is 6. The molecule has 4 atom stereocenters. The largest absolute Gasteiger partial charge is 0.411 e. The number of hydrogen-bond donors (Lipinski definition) is 0. The van der Waals surface area contributed by atoms with Crippen molar-refractivity contribution in [3.8, 4) is 0 Å². The Morgan fingerprint density at radius 3 is 1.77 bits per heavy atom. The minimum atomic E-state index is -1.95. The van der Waals surface area contributed by atoms with Crippen LogP contribution in [-0.2, 0) is 18.3 Å². The molecule has 0 radical (unpaired) electrons. The van der Waals surface area contributed by atoms with Crippen molar-refractivity contribution in [2.75, 3.05) is 0 Å². The molecule has 0 bridgehead atoms. The van der Waals surface area contributed by atoms with Crippen molar-refractivity contribution < 1.29 is 18.3 Å². The van der Waals surface area contributed by atoms with E-state index in [9.17, 15) is 0 Å². The lowest BCUT2D eigenvalue weighted by Gasteiger charge is -2.50. The Labute approximate surface area is 189 Å². The number of hydrogen-bond acceptors (Lipinski definition) is 4. The second-order valence-electron chi connectivity index (χ2n) is 12.7. The maximum absolute atomic E-state index is 6.98. The van der Waals surface area contributed by atoms with Gasteiger partial charge in [0, 0.05) is 6.42 Å². The van der Waals surface area contributed by atoms with Crippen LogP contribution in [0.3, 0.4) is 0 Å². The average Bonchev–Trinajstić information content (AvgIpc) is 2.56. The van der Waals surface area contributed by atoms with Crippen LogP contribution in [-0.4, -0.2) is 47.3 Å². The predicted octanol–water partition coefficient (Wildman–Crippen LogP) is 7.25. The molecule has 1 saturated heterocycles. The van der Waals surface area contributed by atoms with Crippen LogP contribution < -0.4 is 0 Å². The first-order valence-corrected chi connectivity index (χ1v) is 18.0. The Bertz CT molecular complexity index is 544. The molecule has 0 aromatic carbocycles. The average molecular weight is 459 g/mol. The van der Waals surface area contributed by atoms with Gasteiger partial charge in [-0.1, -0.05) is 60.8 Å². The molecule has 1 saturated carbocycles. The second kappa shape index (κ2) is 9.64. The van der Waals surface area contributed by atoms with Gasteiger partial charge in [-0.3, -0.25) is 0 Å². The lowest BCUT2D eigenvalue weighted by atomic mass is 9.97. The van der Waals surface area contributed by atoms with E-state index in [1.54, 1.807) is 0 Å². The SMILES string of the molecule is C[C@H]1O[C@H](OC2CCCCC2)C[C@@H](O[Si](C)(C)C(C)(C)C)[C@H]1O[Si](C)(C)C(C)(C)C. The zero-order valence-corrected chi connectivity index (χ0v) is 23.8. The molecule has 30 heavy (non-hydrogen) atoms. The van der Waals surface area contributed by atoms with Gasteiger partial charge in [-0.05, 0) is 56.0 Å². The zero-order chi connectivity index (χ0) is 23.0. The van der Waals surface area contributed by atoms with E-state index in [0.717, 1.165) is 19.3 Å². The fourth-order valence-electron chi connectivity index (χ4n) is 3.86. The molecule has 178 valence electrons. The molecule has 0 aromatic rings. The van der Waals surface area contributed by atoms with Gasteiger partial charge in [-0.15, -0.1) is 0 Å². The summed E-state index contributed by atoms with van der Waals surface area (Å²) in [5.41, 5.74) is 0. The first-order chi connectivity index (χ1) is 13.5. The van der Waals surface area contributed by atoms with Crippen LogP contribution in [0.15, 0.2) is 0 Å². The van der Waals surface area contributed by atoms with Gasteiger partial charge in [-0.25, -0.2) is 0 Å². The molecule has 4 nitrogen and oxygen atoms in total. The monoisotopic (exact) mass is 458 g/mol. The molecule has 2 fully saturated rings. The minimum absolute atomic E-state index is 0.0253. The summed E-state index contributed by atoms with van der Waals surface area (Å²) in [4.78, 5) is 0. The van der Waals surface area contributed by atoms with Crippen molar-refractivity contribution in [1.82, 2.24) is 0 Å². The molecule has 1 aliphatic heterocycles. The van der Waals surface area contributed by atoms with Crippen molar-refractivity contribution in [1.29, 1.82) is 0 Å². The van der Waals surface area contributed by atoms with Gasteiger partial charge < -0.3 is 18.3 Å². The fraction of sp³-hybridized carbons (Fsp3) is 1.00. The lowest BCUT2D eigenvalue weighted by molar-refractivity contribution is -0.257. The van der Waals surface area contributed by atoms with Crippen LogP contribution in [0.25, 0.3) is 0 Å². The highest BCUT2D eigenvalue weighted by molar-refractivity contribution is 6.74. The molecule has 0 unspecified atom stereocenters. The predicted molar refractivity (Wildman–Crippen MR) is 131 cm³/mol. The summed E-state index contributed by atoms with van der Waals surface area (Å²) in [6.45, 7) is 25.3. The van der Waals surface area contributed by atoms with E-state index in [2.05, 4.69) is 74.7 Å². The quantitative estimate of drug-likeness (QED) is 0.393. The zero-order valence-electron chi connectivity index (χ0n) is 21.8. The minimum Gasteiger partial charge on any atom is -0.411 e. The summed E-state index contributed by atoms with van der Waals surface area (Å²) >= 11 is 0. The first kappa shape index (κ1) is 26.5. The molecule has 2 aliphatic rings. The van der Waals surface area contributed by atoms with Crippen molar-refractivity contribution in [3.05, 3.63) is 0 Å². The summed E-state index contributed by atoms with van der Waals surface area (Å²) in [5.74, 6) is 0. The van der Waals surface area contributed by atoms with Crippen molar-refractivity contribution in [2.24, 2.45) is 0 Å². The van der Waals surface area contributed by atoms with Gasteiger partial charge in [0.15, 0.2) is 22.9 Å². The van der Waals surface area contributed by atoms with E-state index in [1.807, 2.05) is 0 Å². The highest BCUT2D eigenvalue weighted by Gasteiger charge is 2.49. The Balaban J connectivity index is 2.21. The molecule has 0 amide bonds. The van der Waals surface area contributed by atoms with E-state index in [0.29, 0.717) is 6.10 Å². The van der Waals surface area contributed by atoms with Crippen LogP contribution in [0.4, 0.5) is 0 Å². The molecule has 0 aromatic heterocycles. The molecule has 0 N–H and O–H groups in total. The second-order valence-corrected chi connectivity index (χ2v) is 22.2. The maximum Gasteiger partial charge on any atom is 0.192 e. The van der Waals surface area contributed by atoms with Gasteiger partial charge in [0.2, 0.25) is 0 Å². The van der Waals surface area contributed by atoms with Crippen LogP contribution in [0, 0.1) is 0 Å². The van der Waals surface area contributed by atoms with E-state index in [1.165, 1.54) is 19.3 Å². The Morgan fingerprint density at radius 2 is 1.27 bits per heavy atom. The first-order valence-electron chi connectivity index (χ1n) is 12.2. The topological polar surface area (TPSA) is 36.9 Å². The standard InChI is InChI=1S/C24H50O4Si2/c1-18-22(28-30(10,11)24(5,6)7)20(27-29(8,9)23(2,3)4)17-21(25-18)26-19-15-13-12-14-16-19/h18-22H,12-17H2,1-11H3/t18-,20-,21-,22+/m1/s1. The summed E-state index contributed by atoms with van der Waals surface area (Å²) in [6.07, 6.45) is 7.08. The van der Waals surface area contributed by atoms with E-state index < -0.39 is 16.6 Å². The normalized spacial score (nSPS) is 30.5. The van der Waals surface area contributed by atoms with Gasteiger partial charge >= 0.3 is 0 Å². The Kier molecular flexibility index (Phi) is 8.52. The Morgan fingerprint density at radius 1 is 0.767 bits per heavy atom. The summed E-state index contributed by atoms with van der Waals surface area (Å²) in [5, 5.41) is 0.319. The van der Waals surface area contributed by atoms with Gasteiger partial charge in [0.05, 0.1) is 24.4 Å². The third kappa shape index (κ3) is 6.64. The third-order valence-corrected chi connectivity index (χ3v) is 17.0. The molecule has 2 rings (SSSR count). The lowest BCUT2D eigenvalue weighted by Crippen LogP contribution is -2.59. The van der Waals surface area contributed by atoms with Crippen LogP contribution in [0.1, 0.15) is 87.0 Å². The van der Waals surface area contributed by atoms with Crippen molar-refractivity contribution in [3.63, 3.8) is 0 Å². The molecular weight excluding hydrogens is 408 g/mol. The van der Waals surface area contributed by atoms with Crippen molar-refractivity contribution >= 4 is 16.6 Å². The summed E-state index contributed by atoms with van der Waals surface area (Å²) in [7, 11) is -3.89. The molecule has 1 aliphatic carbocycles. The van der Waals surface area contributed by atoms with Crippen LogP contribution >= 0.6 is 0 Å². The van der Waals surface area contributed by atoms with Gasteiger partial charge in [0.1, 0.15) is 0 Å². The third-order valence-electron chi connectivity index (χ3n) is 8.01. The van der Waals surface area contributed by atoms with Crippen molar-refractivity contribution in [2.45, 2.75) is 154 Å². The molecule has 0 spiro atoms. The molecule has 6 heteroatoms. The molecular formula is C24H50O4Si2. The highest BCUT2D eigenvalue weighted by atomic mass is 28.4. The van der Waals surface area contributed by atoms with Gasteiger partial charge in [-0.2, -0.15) is 0 Å². The number of ether oxygens (including phenoxy) is 2. The Hall–Kier alpha value is 0.274. The molecule has 1 heterocycles. The van der Waals surface area contributed by atoms with Crippen LogP contribution in [0.2, 0.25) is 36.3 Å². The fourth-order valence-corrected chi connectivity index (χ4v) is 6.58. The van der Waals surface area contributed by atoms with Gasteiger partial charge in [0.25, 0.3) is 0 Å². The van der Waals surface area contributed by atoms with Crippen LogP contribution in [0.5, 0.6) is 0 Å². The summed E-state index contributed by atoms with van der Waals surface area (Å²) < 4.78 is 26.7.